The Bertz CT molecular complexity index is 973. The normalized spacial score (nSPS) is 15.7. The largest absolute Gasteiger partial charge is 0.495 e. The number of anilines is 1. The Kier molecular flexibility index (Phi) is 6.74. The van der Waals surface area contributed by atoms with E-state index in [1.54, 1.807) is 36.4 Å². The maximum absolute atomic E-state index is 12.9. The van der Waals surface area contributed by atoms with E-state index in [2.05, 4.69) is 10.2 Å². The van der Waals surface area contributed by atoms with Crippen LogP contribution in [0.1, 0.15) is 43.9 Å². The number of likely N-dealkylation sites (tertiary alicyclic amines) is 1. The predicted molar refractivity (Wildman–Crippen MR) is 116 cm³/mol. The molecule has 7 nitrogen and oxygen atoms in total. The highest BCUT2D eigenvalue weighted by Crippen LogP contribution is 2.34. The summed E-state index contributed by atoms with van der Waals surface area (Å²) < 4.78 is 5.29. The zero-order valence-electron chi connectivity index (χ0n) is 16.7. The number of methoxy groups -OCH3 is 1. The molecule has 3 amide bonds. The van der Waals surface area contributed by atoms with Crippen LogP contribution in [0, 0.1) is 0 Å². The lowest BCUT2D eigenvalue weighted by Gasteiger charge is -2.16. The van der Waals surface area contributed by atoms with E-state index in [9.17, 15) is 14.4 Å². The predicted octanol–water partition coefficient (Wildman–Crippen LogP) is 2.74. The van der Waals surface area contributed by atoms with Crippen molar-refractivity contribution in [2.45, 2.75) is 12.8 Å². The van der Waals surface area contributed by atoms with Crippen molar-refractivity contribution in [2.24, 2.45) is 0 Å². The molecular weight excluding hydrogens is 406 g/mol. The van der Waals surface area contributed by atoms with Crippen LogP contribution in [-0.4, -0.2) is 55.9 Å². The van der Waals surface area contributed by atoms with Crippen LogP contribution < -0.4 is 15.0 Å². The molecule has 158 valence electrons. The number of carbonyl (C=O) groups excluding carboxylic acids is 3. The lowest BCUT2D eigenvalue weighted by atomic mass is 10.1. The fraction of sp³-hybridized carbons (Fsp3) is 0.318. The smallest absolute Gasteiger partial charge is 0.266 e. The Balaban J connectivity index is 0.00000256. The molecule has 2 heterocycles. The van der Waals surface area contributed by atoms with E-state index >= 15 is 0 Å². The van der Waals surface area contributed by atoms with Crippen molar-refractivity contribution in [3.05, 3.63) is 59.2 Å². The van der Waals surface area contributed by atoms with Crippen molar-refractivity contribution >= 4 is 35.8 Å². The van der Waals surface area contributed by atoms with Gasteiger partial charge >= 0.3 is 0 Å². The van der Waals surface area contributed by atoms with Gasteiger partial charge in [0.1, 0.15) is 5.75 Å². The van der Waals surface area contributed by atoms with Gasteiger partial charge in [-0.2, -0.15) is 0 Å². The van der Waals surface area contributed by atoms with E-state index in [4.69, 9.17) is 4.74 Å². The van der Waals surface area contributed by atoms with Gasteiger partial charge in [-0.05, 0) is 56.3 Å². The number of ether oxygens (including phenoxy) is 1. The highest BCUT2D eigenvalue weighted by Gasteiger charge is 2.38. The summed E-state index contributed by atoms with van der Waals surface area (Å²) >= 11 is 0. The number of hydrogen-bond acceptors (Lipinski definition) is 5. The van der Waals surface area contributed by atoms with Crippen molar-refractivity contribution in [3.8, 4) is 5.75 Å². The van der Waals surface area contributed by atoms with Gasteiger partial charge < -0.3 is 15.0 Å². The van der Waals surface area contributed by atoms with Crippen LogP contribution in [-0.2, 0) is 0 Å². The van der Waals surface area contributed by atoms with Gasteiger partial charge in [0.25, 0.3) is 17.7 Å². The van der Waals surface area contributed by atoms with Gasteiger partial charge in [-0.1, -0.05) is 12.1 Å². The molecule has 1 saturated heterocycles. The summed E-state index contributed by atoms with van der Waals surface area (Å²) in [6.07, 6.45) is 2.41. The molecule has 2 aromatic rings. The molecule has 4 rings (SSSR count). The summed E-state index contributed by atoms with van der Waals surface area (Å²) in [6, 6.07) is 11.5. The molecule has 8 heteroatoms. The number of rotatable bonds is 6. The van der Waals surface area contributed by atoms with Gasteiger partial charge in [-0.15, -0.1) is 12.4 Å². The van der Waals surface area contributed by atoms with Gasteiger partial charge in [0.15, 0.2) is 0 Å². The second-order valence-electron chi connectivity index (χ2n) is 7.18. The highest BCUT2D eigenvalue weighted by atomic mass is 35.5. The summed E-state index contributed by atoms with van der Waals surface area (Å²) in [4.78, 5) is 41.7. The van der Waals surface area contributed by atoms with Crippen LogP contribution in [0.25, 0.3) is 0 Å². The molecule has 0 atom stereocenters. The summed E-state index contributed by atoms with van der Waals surface area (Å²) in [6.45, 7) is 3.51. The molecule has 0 aliphatic carbocycles. The molecule has 0 saturated carbocycles. The second kappa shape index (κ2) is 9.28. The molecule has 1 fully saturated rings. The Morgan fingerprint density at radius 2 is 1.73 bits per heavy atom. The Morgan fingerprint density at radius 3 is 2.47 bits per heavy atom. The Labute approximate surface area is 181 Å². The quantitative estimate of drug-likeness (QED) is 0.714. The topological polar surface area (TPSA) is 79.0 Å². The van der Waals surface area contributed by atoms with Crippen LogP contribution >= 0.6 is 12.4 Å². The first kappa shape index (κ1) is 21.8. The third-order valence-electron chi connectivity index (χ3n) is 5.39. The maximum Gasteiger partial charge on any atom is 0.266 e. The zero-order valence-corrected chi connectivity index (χ0v) is 17.5. The van der Waals surface area contributed by atoms with E-state index in [-0.39, 0.29) is 29.4 Å². The van der Waals surface area contributed by atoms with Crippen LogP contribution in [0.3, 0.4) is 0 Å². The molecule has 0 bridgehead atoms. The SMILES string of the molecule is COc1ccccc1N1C(=O)c2ccc(C(=O)NCCN3CCCC3)cc2C1=O.Cl. The summed E-state index contributed by atoms with van der Waals surface area (Å²) in [5.41, 5.74) is 1.27. The molecule has 0 spiro atoms. The first-order valence-electron chi connectivity index (χ1n) is 9.76. The summed E-state index contributed by atoms with van der Waals surface area (Å²) in [7, 11) is 1.49. The van der Waals surface area contributed by atoms with E-state index in [0.717, 1.165) is 24.5 Å². The van der Waals surface area contributed by atoms with Crippen molar-refractivity contribution in [1.82, 2.24) is 10.2 Å². The van der Waals surface area contributed by atoms with Gasteiger partial charge in [0.05, 0.1) is 23.9 Å². The maximum atomic E-state index is 12.9. The number of para-hydroxylation sites is 2. The molecule has 0 radical (unpaired) electrons. The second-order valence-corrected chi connectivity index (χ2v) is 7.18. The number of imide groups is 1. The third-order valence-corrected chi connectivity index (χ3v) is 5.39. The zero-order chi connectivity index (χ0) is 20.4. The van der Waals surface area contributed by atoms with Gasteiger partial charge in [-0.25, -0.2) is 4.90 Å². The van der Waals surface area contributed by atoms with E-state index < -0.39 is 11.8 Å². The van der Waals surface area contributed by atoms with Gasteiger partial charge in [0.2, 0.25) is 0 Å². The minimum atomic E-state index is -0.457. The van der Waals surface area contributed by atoms with E-state index in [1.165, 1.54) is 26.0 Å². The molecule has 30 heavy (non-hydrogen) atoms. The lowest BCUT2D eigenvalue weighted by molar-refractivity contribution is 0.0922. The first-order chi connectivity index (χ1) is 14.1. The summed E-state index contributed by atoms with van der Waals surface area (Å²) in [5, 5.41) is 2.89. The van der Waals surface area contributed by atoms with Crippen molar-refractivity contribution in [3.63, 3.8) is 0 Å². The lowest BCUT2D eigenvalue weighted by Crippen LogP contribution is -2.33. The number of nitrogens with zero attached hydrogens (tertiary/aromatic N) is 2. The molecule has 0 unspecified atom stereocenters. The molecule has 2 aliphatic heterocycles. The first-order valence-corrected chi connectivity index (χ1v) is 9.76. The van der Waals surface area contributed by atoms with Gasteiger partial charge in [-0.3, -0.25) is 14.4 Å². The standard InChI is InChI=1S/C22H23N3O4.ClH/c1-29-19-7-3-2-6-18(19)25-21(27)16-9-8-15(14-17(16)22(25)28)20(26)23-10-13-24-11-4-5-12-24;/h2-3,6-9,14H,4-5,10-13H2,1H3,(H,23,26);1H. The minimum Gasteiger partial charge on any atom is -0.495 e. The Morgan fingerprint density at radius 1 is 1.03 bits per heavy atom. The molecule has 1 N–H and O–H groups in total. The average molecular weight is 430 g/mol. The number of carbonyl (C=O) groups is 3. The molecule has 2 aliphatic rings. The van der Waals surface area contributed by atoms with Crippen molar-refractivity contribution in [1.29, 1.82) is 0 Å². The minimum absolute atomic E-state index is 0. The Hall–Kier alpha value is -2.90. The number of halogens is 1. The van der Waals surface area contributed by atoms with Crippen LogP contribution in [0.15, 0.2) is 42.5 Å². The molecule has 0 aromatic heterocycles. The van der Waals surface area contributed by atoms with E-state index in [1.807, 2.05) is 0 Å². The fourth-order valence-corrected chi connectivity index (χ4v) is 3.85. The van der Waals surface area contributed by atoms with Crippen LogP contribution in [0.2, 0.25) is 0 Å². The van der Waals surface area contributed by atoms with Gasteiger partial charge in [0, 0.05) is 18.7 Å². The average Bonchev–Trinajstić information content (AvgIpc) is 3.34. The van der Waals surface area contributed by atoms with Crippen LogP contribution in [0.4, 0.5) is 5.69 Å². The van der Waals surface area contributed by atoms with Crippen molar-refractivity contribution in [2.75, 3.05) is 38.2 Å². The number of amides is 3. The number of hydrogen-bond donors (Lipinski definition) is 1. The van der Waals surface area contributed by atoms with Crippen LogP contribution in [0.5, 0.6) is 5.75 Å². The monoisotopic (exact) mass is 429 g/mol. The molecular formula is C22H24ClN3O4. The van der Waals surface area contributed by atoms with Crippen molar-refractivity contribution < 1.29 is 19.1 Å². The fourth-order valence-electron chi connectivity index (χ4n) is 3.85. The van der Waals surface area contributed by atoms with E-state index in [0.29, 0.717) is 23.5 Å². The number of fused-ring (bicyclic) bond motifs is 1. The highest BCUT2D eigenvalue weighted by molar-refractivity contribution is 6.35. The number of benzene rings is 2. The third kappa shape index (κ3) is 4.04. The number of nitrogens with one attached hydrogen (secondary N) is 1. The summed E-state index contributed by atoms with van der Waals surface area (Å²) in [5.74, 6) is -0.693. The molecule has 2 aromatic carbocycles.